The van der Waals surface area contributed by atoms with Gasteiger partial charge >= 0.3 is 0 Å². The zero-order chi connectivity index (χ0) is 72.0. The Kier molecular flexibility index (Phi) is 28.9. The van der Waals surface area contributed by atoms with E-state index in [-0.39, 0.29) is 5.92 Å². The zero-order valence-electron chi connectivity index (χ0n) is 58.7. The molecule has 4 atom stereocenters. The van der Waals surface area contributed by atoms with Crippen LogP contribution in [0.5, 0.6) is 0 Å². The Hall–Kier alpha value is -13.2. The lowest BCUT2D eigenvalue weighted by Crippen LogP contribution is -2.21. The number of hydrogen-bond donors (Lipinski definition) is 0. The third-order valence-corrected chi connectivity index (χ3v) is 17.1. The van der Waals surface area contributed by atoms with Crippen molar-refractivity contribution >= 4 is 46.9 Å². The Morgan fingerprint density at radius 2 is 1.03 bits per heavy atom. The van der Waals surface area contributed by atoms with E-state index in [9.17, 15) is 0 Å². The van der Waals surface area contributed by atoms with Gasteiger partial charge in [0.2, 0.25) is 0 Å². The quantitative estimate of drug-likeness (QED) is 0.101. The minimum atomic E-state index is 0.142. The Morgan fingerprint density at radius 3 is 1.66 bits per heavy atom. The molecule has 104 heavy (non-hydrogen) atoms. The molecule has 1 aliphatic heterocycles. The molecular formula is C98H86N6. The number of allylic oxidation sites excluding steroid dienone is 26. The Morgan fingerprint density at radius 1 is 0.462 bits per heavy atom. The Bertz CT molecular complexity index is 5040. The van der Waals surface area contributed by atoms with E-state index >= 15 is 0 Å². The van der Waals surface area contributed by atoms with Gasteiger partial charge in [-0.2, -0.15) is 0 Å². The maximum atomic E-state index is 5.09. The highest BCUT2D eigenvalue weighted by atomic mass is 14.9. The molecule has 3 aromatic heterocycles. The summed E-state index contributed by atoms with van der Waals surface area (Å²) in [4.78, 5) is 27.4. The highest BCUT2D eigenvalue weighted by Crippen LogP contribution is 2.35. The van der Waals surface area contributed by atoms with E-state index in [0.29, 0.717) is 23.6 Å². The van der Waals surface area contributed by atoms with Gasteiger partial charge in [-0.25, -0.2) is 19.9 Å². The molecule has 0 amide bonds. The van der Waals surface area contributed by atoms with Crippen molar-refractivity contribution in [3.8, 4) is 44.8 Å². The second-order valence-corrected chi connectivity index (χ2v) is 24.4. The SMILES string of the molecule is C1=CC2\C=C/C=C\C=C/C=C/C2C=C1.C=C(/C=C\C(=C)c1ccccccc(-c2ccccc2)c2ccccc12)c1nc(-c2ccccc2)cc(C2C=CC(C3C=NC=CC3)=CC2)n1.C=C/C=C\C=C.C=c1cccc/c1=C/C=C/c1cc(-c2ccc(-c3cccnc3)cc2)ncn1.c1ccccc1. The molecule has 4 heterocycles. The molecule has 14 rings (SSSR count). The lowest BCUT2D eigenvalue weighted by Gasteiger charge is -2.21. The third-order valence-electron chi connectivity index (χ3n) is 17.1. The van der Waals surface area contributed by atoms with Crippen molar-refractivity contribution in [2.24, 2.45) is 22.7 Å². The molecule has 4 aliphatic rings. The van der Waals surface area contributed by atoms with Crippen LogP contribution in [0.4, 0.5) is 0 Å². The van der Waals surface area contributed by atoms with E-state index in [1.54, 1.807) is 24.7 Å². The molecule has 0 saturated heterocycles. The first-order valence-corrected chi connectivity index (χ1v) is 35.0. The van der Waals surface area contributed by atoms with Crippen LogP contribution in [-0.2, 0) is 0 Å². The van der Waals surface area contributed by atoms with Gasteiger partial charge in [0.05, 0.1) is 22.8 Å². The van der Waals surface area contributed by atoms with Gasteiger partial charge in [-0.1, -0.05) is 391 Å². The summed E-state index contributed by atoms with van der Waals surface area (Å²) >= 11 is 0. The van der Waals surface area contributed by atoms with Crippen LogP contribution < -0.4 is 10.4 Å². The zero-order valence-corrected chi connectivity index (χ0v) is 58.7. The van der Waals surface area contributed by atoms with Gasteiger partial charge < -0.3 is 0 Å². The van der Waals surface area contributed by atoms with Gasteiger partial charge in [0.15, 0.2) is 5.82 Å². The molecule has 3 aliphatic carbocycles. The standard InChI is InChI=1S/C47H39N3.C25H19N3.C14H14.C6H6.C6H8/c1-34(41-21-11-3-4-12-22-42(37-16-7-5-8-17-37)44-24-14-13-23-43(41)44)25-26-35(2)47-49-45(38-18-9-6-10-19-38)32-46(50-47)39-29-27-36(28-30-39)40-20-15-31-48-33-40;1-19-6-2-3-7-20(19)8-4-10-24-16-25(28-18-27-24)22-13-11-21(12-14-22)23-9-5-15-26-17-23;1-2-4-6-10-14-12-8-7-11-13(14)9-5-3-1;1-2-4-6-5-3-1;1-3-5-6-4-2/h3-19,21-29,31-33,39-40H,1-2,20,30H2;2-18H,1H2;1-14H;1-6H;3-6H,1-2H2/b4-3?,11-3?,12-4?,21-11?,22-12?,26-25-,41-21?,42-22?,43-41?,44-42?;10-4+,20-8-;3-1-,4-2-,9-5-,10-6+;;6-5-. The molecule has 0 radical (unpaired) electrons. The van der Waals surface area contributed by atoms with Crippen LogP contribution >= 0.6 is 0 Å². The third kappa shape index (κ3) is 22.7. The van der Waals surface area contributed by atoms with Gasteiger partial charge in [-0.3, -0.25) is 9.98 Å². The highest BCUT2D eigenvalue weighted by Gasteiger charge is 2.20. The van der Waals surface area contributed by atoms with E-state index in [1.807, 2.05) is 176 Å². The van der Waals surface area contributed by atoms with Crippen LogP contribution in [0.3, 0.4) is 0 Å². The average molecular weight is 1350 g/mol. The van der Waals surface area contributed by atoms with Crippen LogP contribution in [-0.4, -0.2) is 31.1 Å². The summed E-state index contributed by atoms with van der Waals surface area (Å²) in [6.45, 7) is 19.9. The number of aliphatic imine (C=N–C) groups is 1. The van der Waals surface area contributed by atoms with Crippen LogP contribution in [0.1, 0.15) is 41.5 Å². The first-order chi connectivity index (χ1) is 51.3. The van der Waals surface area contributed by atoms with E-state index in [1.165, 1.54) is 5.57 Å². The van der Waals surface area contributed by atoms with Crippen molar-refractivity contribution in [3.63, 3.8) is 0 Å². The second kappa shape index (κ2) is 40.8. The first-order valence-electron chi connectivity index (χ1n) is 35.0. The predicted molar refractivity (Wildman–Crippen MR) is 445 cm³/mol. The number of benzene rings is 6. The molecule has 0 N–H and O–H groups in total. The number of fused-ring (bicyclic) bond motifs is 2. The fraction of sp³-hybridized carbons (Fsp3) is 0.0612. The molecule has 4 unspecified atom stereocenters. The highest BCUT2D eigenvalue weighted by molar-refractivity contribution is 6.02. The lowest BCUT2D eigenvalue weighted by molar-refractivity contribution is 0.668. The number of rotatable bonds is 14. The van der Waals surface area contributed by atoms with Crippen molar-refractivity contribution in [3.05, 3.63) is 460 Å². The second-order valence-electron chi connectivity index (χ2n) is 24.4. The number of hydrogen-bond acceptors (Lipinski definition) is 6. The van der Waals surface area contributed by atoms with Crippen LogP contribution in [0.15, 0.2) is 432 Å². The minimum Gasteiger partial charge on any atom is -0.269 e. The normalized spacial score (nSPS) is 17.3. The summed E-state index contributed by atoms with van der Waals surface area (Å²) in [6, 6.07) is 78.3. The van der Waals surface area contributed by atoms with Crippen molar-refractivity contribution in [2.45, 2.75) is 18.8 Å². The molecule has 0 spiro atoms. The van der Waals surface area contributed by atoms with Crippen molar-refractivity contribution in [2.75, 3.05) is 0 Å². The van der Waals surface area contributed by atoms with Gasteiger partial charge in [-0.05, 0) is 97.3 Å². The van der Waals surface area contributed by atoms with E-state index < -0.39 is 0 Å². The predicted octanol–water partition coefficient (Wildman–Crippen LogP) is 23.2. The fourth-order valence-electron chi connectivity index (χ4n) is 11.6. The molecule has 7 aromatic carbocycles. The van der Waals surface area contributed by atoms with Crippen LogP contribution in [0.25, 0.3) is 85.4 Å². The monoisotopic (exact) mass is 1350 g/mol. The first kappa shape index (κ1) is 73.6. The summed E-state index contributed by atoms with van der Waals surface area (Å²) < 4.78 is 0. The van der Waals surface area contributed by atoms with Gasteiger partial charge in [0, 0.05) is 65.2 Å². The lowest BCUT2D eigenvalue weighted by atomic mass is 9.86. The average Bonchev–Trinajstić information content (AvgIpc) is 0.815. The number of aromatic nitrogens is 5. The summed E-state index contributed by atoms with van der Waals surface area (Å²) in [7, 11) is 0. The Labute approximate surface area is 614 Å². The molecular weight excluding hydrogens is 1260 g/mol. The molecule has 0 bridgehead atoms. The maximum absolute atomic E-state index is 5.09. The van der Waals surface area contributed by atoms with E-state index in [2.05, 4.69) is 265 Å². The smallest absolute Gasteiger partial charge is 0.159 e. The van der Waals surface area contributed by atoms with E-state index in [4.69, 9.17) is 9.97 Å². The molecule has 10 aromatic rings. The fourth-order valence-corrected chi connectivity index (χ4v) is 11.6. The molecule has 6 nitrogen and oxygen atoms in total. The summed E-state index contributed by atoms with van der Waals surface area (Å²) in [5.41, 5.74) is 14.2. The molecule has 0 fully saturated rings. The topological polar surface area (TPSA) is 76.8 Å². The largest absolute Gasteiger partial charge is 0.269 e. The summed E-state index contributed by atoms with van der Waals surface area (Å²) in [5, 5.41) is 4.36. The van der Waals surface area contributed by atoms with Gasteiger partial charge in [-0.15, -0.1) is 0 Å². The van der Waals surface area contributed by atoms with Crippen molar-refractivity contribution < 1.29 is 0 Å². The summed E-state index contributed by atoms with van der Waals surface area (Å²) in [5.74, 6) is 2.10. The van der Waals surface area contributed by atoms with Crippen molar-refractivity contribution in [1.82, 2.24) is 24.9 Å². The van der Waals surface area contributed by atoms with Gasteiger partial charge in [0.25, 0.3) is 0 Å². The maximum Gasteiger partial charge on any atom is 0.159 e. The van der Waals surface area contributed by atoms with Crippen LogP contribution in [0, 0.1) is 17.8 Å². The molecule has 0 saturated carbocycles. The summed E-state index contributed by atoms with van der Waals surface area (Å²) in [6.07, 6.45) is 62.7. The molecule has 508 valence electrons. The number of nitrogens with zero attached hydrogens (tertiary/aromatic N) is 6. The number of pyridine rings is 1. The van der Waals surface area contributed by atoms with Crippen LogP contribution in [0.2, 0.25) is 0 Å². The van der Waals surface area contributed by atoms with Crippen molar-refractivity contribution in [1.29, 1.82) is 0 Å². The Balaban J connectivity index is 0.000000177. The minimum absolute atomic E-state index is 0.142. The van der Waals surface area contributed by atoms with Gasteiger partial charge in [0.1, 0.15) is 6.33 Å². The molecule has 6 heteroatoms. The van der Waals surface area contributed by atoms with E-state index in [0.717, 1.165) is 107 Å².